The summed E-state index contributed by atoms with van der Waals surface area (Å²) in [5, 5.41) is 1.19. The molecule has 0 radical (unpaired) electrons. The van der Waals surface area contributed by atoms with Gasteiger partial charge in [-0.15, -0.1) is 0 Å². The van der Waals surface area contributed by atoms with Gasteiger partial charge in [0.2, 0.25) is 5.09 Å². The molecule has 0 spiro atoms. The molecule has 180 valence electrons. The van der Waals surface area contributed by atoms with Crippen molar-refractivity contribution in [2.75, 3.05) is 44.7 Å². The fraction of sp³-hybridized carbons (Fsp3) is 0.542. The van der Waals surface area contributed by atoms with Crippen LogP contribution in [0.1, 0.15) is 32.1 Å². The molecule has 2 heterocycles. The lowest BCUT2D eigenvalue weighted by Crippen LogP contribution is -2.47. The van der Waals surface area contributed by atoms with Crippen LogP contribution in [0.3, 0.4) is 0 Å². The average Bonchev–Trinajstić information content (AvgIpc) is 3.26. The summed E-state index contributed by atoms with van der Waals surface area (Å²) in [6, 6.07) is 8.45. The second kappa shape index (κ2) is 11.0. The fourth-order valence-corrected chi connectivity index (χ4v) is 6.94. The maximum absolute atomic E-state index is 12.5. The molecule has 1 saturated carbocycles. The number of piperazine rings is 1. The van der Waals surface area contributed by atoms with E-state index in [4.69, 9.17) is 9.11 Å². The van der Waals surface area contributed by atoms with Crippen LogP contribution in [-0.4, -0.2) is 63.6 Å². The Morgan fingerprint density at radius 1 is 1.21 bits per heavy atom. The summed E-state index contributed by atoms with van der Waals surface area (Å²) in [7, 11) is -2.25. The molecule has 2 aromatic rings. The molecule has 0 unspecified atom stereocenters. The molecule has 4 rings (SSSR count). The van der Waals surface area contributed by atoms with E-state index < -0.39 is 10.0 Å². The molecule has 0 atom stereocenters. The minimum Gasteiger partial charge on any atom is -0.485 e. The Hall–Kier alpha value is -1.94. The van der Waals surface area contributed by atoms with E-state index >= 15 is 0 Å². The lowest BCUT2D eigenvalue weighted by Gasteiger charge is -2.36. The number of hydrogen-bond acceptors (Lipinski definition) is 7. The van der Waals surface area contributed by atoms with Crippen molar-refractivity contribution < 1.29 is 13.2 Å². The van der Waals surface area contributed by atoms with Crippen molar-refractivity contribution >= 4 is 37.5 Å². The quantitative estimate of drug-likeness (QED) is 0.424. The van der Waals surface area contributed by atoms with Gasteiger partial charge in [0.05, 0.1) is 11.8 Å². The summed E-state index contributed by atoms with van der Waals surface area (Å²) in [5.74, 6) is 1.80. The summed E-state index contributed by atoms with van der Waals surface area (Å²) < 4.78 is 38.7. The van der Waals surface area contributed by atoms with Crippen molar-refractivity contribution in [1.29, 1.82) is 0 Å². The summed E-state index contributed by atoms with van der Waals surface area (Å²) in [6.07, 6.45) is 7.85. The molecular weight excluding hydrogens is 456 g/mol. The second-order valence-corrected chi connectivity index (χ2v) is 11.3. The predicted molar refractivity (Wildman–Crippen MR) is 136 cm³/mol. The molecule has 9 heteroatoms. The number of hydrogen-bond donors (Lipinski definition) is 1. The van der Waals surface area contributed by atoms with Crippen molar-refractivity contribution in [3.8, 4) is 0 Å². The molecule has 33 heavy (non-hydrogen) atoms. The van der Waals surface area contributed by atoms with Crippen LogP contribution in [0, 0.1) is 5.92 Å². The van der Waals surface area contributed by atoms with E-state index in [1.165, 1.54) is 35.8 Å². The number of benzene rings is 1. The van der Waals surface area contributed by atoms with Gasteiger partial charge < -0.3 is 9.64 Å². The molecule has 0 amide bonds. The largest absolute Gasteiger partial charge is 0.485 e. The van der Waals surface area contributed by atoms with Gasteiger partial charge in [-0.2, -0.15) is 4.37 Å². The topological polar surface area (TPSA) is 74.8 Å². The summed E-state index contributed by atoms with van der Waals surface area (Å²) >= 11 is 1.58. The average molecular weight is 491 g/mol. The van der Waals surface area contributed by atoms with E-state index in [0.717, 1.165) is 64.2 Å². The van der Waals surface area contributed by atoms with Crippen molar-refractivity contribution in [1.82, 2.24) is 14.0 Å². The monoisotopic (exact) mass is 490 g/mol. The Bertz CT molecular complexity index is 1070. The van der Waals surface area contributed by atoms with Crippen LogP contribution in [0.25, 0.3) is 10.1 Å². The number of methoxy groups -OCH3 is 1. The van der Waals surface area contributed by atoms with Crippen molar-refractivity contribution in [2.45, 2.75) is 38.1 Å². The number of nitrogens with zero attached hydrogens (tertiary/aromatic N) is 3. The predicted octanol–water partition coefficient (Wildman–Crippen LogP) is 3.96. The van der Waals surface area contributed by atoms with E-state index in [1.807, 2.05) is 0 Å². The highest BCUT2D eigenvalue weighted by atomic mass is 32.2. The van der Waals surface area contributed by atoms with E-state index in [2.05, 4.69) is 45.4 Å². The third kappa shape index (κ3) is 5.95. The molecule has 1 aromatic carbocycles. The molecule has 1 aromatic heterocycles. The van der Waals surface area contributed by atoms with Gasteiger partial charge in [-0.25, -0.2) is 13.1 Å². The Kier molecular flexibility index (Phi) is 8.06. The minimum absolute atomic E-state index is 0.0221. The number of aromatic nitrogens is 1. The molecule has 2 fully saturated rings. The van der Waals surface area contributed by atoms with Gasteiger partial charge in [-0.1, -0.05) is 24.8 Å². The second-order valence-electron chi connectivity index (χ2n) is 8.88. The smallest absolute Gasteiger partial charge is 0.273 e. The number of sulfonamides is 1. The first-order valence-electron chi connectivity index (χ1n) is 11.7. The van der Waals surface area contributed by atoms with Gasteiger partial charge in [0, 0.05) is 37.6 Å². The summed E-state index contributed by atoms with van der Waals surface area (Å²) in [6.45, 7) is 8.83. The zero-order chi connectivity index (χ0) is 23.3. The van der Waals surface area contributed by atoms with Crippen molar-refractivity contribution in [2.24, 2.45) is 5.92 Å². The van der Waals surface area contributed by atoms with Crippen LogP contribution in [0.2, 0.25) is 0 Å². The van der Waals surface area contributed by atoms with E-state index in [0.29, 0.717) is 5.92 Å². The number of anilines is 1. The lowest BCUT2D eigenvalue weighted by molar-refractivity contribution is 0.214. The third-order valence-electron chi connectivity index (χ3n) is 6.77. The molecule has 1 aliphatic carbocycles. The maximum Gasteiger partial charge on any atom is 0.273 e. The Morgan fingerprint density at radius 2 is 1.94 bits per heavy atom. The van der Waals surface area contributed by atoms with Gasteiger partial charge in [0.25, 0.3) is 10.0 Å². The van der Waals surface area contributed by atoms with Crippen molar-refractivity contribution in [3.05, 3.63) is 48.1 Å². The Balaban J connectivity index is 1.19. The van der Waals surface area contributed by atoms with Gasteiger partial charge in [-0.3, -0.25) is 4.90 Å². The van der Waals surface area contributed by atoms with E-state index in [-0.39, 0.29) is 11.1 Å². The zero-order valence-corrected chi connectivity index (χ0v) is 20.9. The first kappa shape index (κ1) is 24.2. The highest BCUT2D eigenvalue weighted by Gasteiger charge is 2.28. The molecule has 0 bridgehead atoms. The Labute approximate surface area is 201 Å². The van der Waals surface area contributed by atoms with Crippen LogP contribution >= 0.6 is 11.5 Å². The number of ether oxygens (including phenoxy) is 1. The van der Waals surface area contributed by atoms with E-state index in [9.17, 15) is 8.42 Å². The van der Waals surface area contributed by atoms with E-state index in [1.54, 1.807) is 11.5 Å². The molecular formula is C24H34N4O3S2. The fourth-order valence-electron chi connectivity index (χ4n) is 4.86. The molecule has 7 nitrogen and oxygen atoms in total. The SMILES string of the molecule is C=C/C=C(\OC)S(=O)(=O)NC1CCC(CCN2CCN(c3nsc4ccccc34)CC2)CC1. The van der Waals surface area contributed by atoms with Crippen LogP contribution in [0.15, 0.2) is 48.1 Å². The molecule has 1 saturated heterocycles. The van der Waals surface area contributed by atoms with Gasteiger partial charge >= 0.3 is 0 Å². The van der Waals surface area contributed by atoms with Gasteiger partial charge in [-0.05, 0) is 74.3 Å². The molecule has 1 N–H and O–H groups in total. The van der Waals surface area contributed by atoms with Gasteiger partial charge in [0.15, 0.2) is 0 Å². The summed E-state index contributed by atoms with van der Waals surface area (Å²) in [4.78, 5) is 4.98. The first-order valence-corrected chi connectivity index (χ1v) is 14.0. The normalized spacial score (nSPS) is 23.1. The lowest BCUT2D eigenvalue weighted by atomic mass is 9.84. The highest BCUT2D eigenvalue weighted by Crippen LogP contribution is 2.31. The number of nitrogens with one attached hydrogen (secondary N) is 1. The summed E-state index contributed by atoms with van der Waals surface area (Å²) in [5.41, 5.74) is 0. The van der Waals surface area contributed by atoms with Crippen LogP contribution in [0.5, 0.6) is 0 Å². The number of allylic oxidation sites excluding steroid dienone is 2. The van der Waals surface area contributed by atoms with Crippen LogP contribution < -0.4 is 9.62 Å². The third-order valence-corrected chi connectivity index (χ3v) is 9.07. The van der Waals surface area contributed by atoms with Crippen LogP contribution in [-0.2, 0) is 14.8 Å². The number of rotatable bonds is 9. The molecule has 1 aliphatic heterocycles. The Morgan fingerprint density at radius 3 is 2.64 bits per heavy atom. The highest BCUT2D eigenvalue weighted by molar-refractivity contribution is 7.93. The number of fused-ring (bicyclic) bond motifs is 1. The maximum atomic E-state index is 12.5. The van der Waals surface area contributed by atoms with Gasteiger partial charge in [0.1, 0.15) is 5.82 Å². The first-order chi connectivity index (χ1) is 16.0. The van der Waals surface area contributed by atoms with Crippen LogP contribution in [0.4, 0.5) is 5.82 Å². The standard InChI is InChI=1S/C24H34N4O3S2/c1-3-6-23(31-2)33(29,30)26-20-11-9-19(10-12-20)13-14-27-15-17-28(18-16-27)24-21-7-4-5-8-22(21)32-25-24/h3-8,19-20,26H,1,9-18H2,2H3/b23-6+. The minimum atomic E-state index is -3.62. The van der Waals surface area contributed by atoms with Crippen molar-refractivity contribution in [3.63, 3.8) is 0 Å². The molecule has 2 aliphatic rings. The zero-order valence-electron chi connectivity index (χ0n) is 19.3.